The lowest BCUT2D eigenvalue weighted by atomic mass is 10.0. The predicted octanol–water partition coefficient (Wildman–Crippen LogP) is 2.22. The van der Waals surface area contributed by atoms with E-state index < -0.39 is 5.97 Å². The molecule has 0 amide bonds. The Labute approximate surface area is 98.5 Å². The lowest BCUT2D eigenvalue weighted by molar-refractivity contribution is 0.0697. The Morgan fingerprint density at radius 3 is 2.00 bits per heavy atom. The van der Waals surface area contributed by atoms with E-state index in [4.69, 9.17) is 16.6 Å². The van der Waals surface area contributed by atoms with Crippen molar-refractivity contribution < 1.29 is 9.90 Å². The first-order valence-corrected chi connectivity index (χ1v) is 5.06. The van der Waals surface area contributed by atoms with Gasteiger partial charge in [0.05, 0.1) is 16.9 Å². The van der Waals surface area contributed by atoms with Gasteiger partial charge >= 0.3 is 5.97 Å². The number of hydrogen-bond donors (Lipinski definition) is 3. The van der Waals surface area contributed by atoms with E-state index >= 15 is 0 Å². The van der Waals surface area contributed by atoms with Gasteiger partial charge in [-0.2, -0.15) is 0 Å². The zero-order valence-electron chi connectivity index (χ0n) is 9.05. The van der Waals surface area contributed by atoms with Crippen LogP contribution in [0, 0.1) is 0 Å². The van der Waals surface area contributed by atoms with Crippen molar-refractivity contribution in [1.82, 2.24) is 0 Å². The minimum atomic E-state index is -0.937. The van der Waals surface area contributed by atoms with Crippen molar-refractivity contribution in [3.8, 4) is 11.1 Å². The highest BCUT2D eigenvalue weighted by Gasteiger charge is 2.04. The number of anilines is 2. The first kappa shape index (κ1) is 11.0. The molecule has 0 saturated carbocycles. The van der Waals surface area contributed by atoms with Crippen LogP contribution in [0.4, 0.5) is 11.4 Å². The van der Waals surface area contributed by atoms with E-state index in [1.807, 2.05) is 6.07 Å². The molecule has 0 aromatic heterocycles. The van der Waals surface area contributed by atoms with Gasteiger partial charge in [0.15, 0.2) is 0 Å². The highest BCUT2D eigenvalue weighted by atomic mass is 16.4. The maximum absolute atomic E-state index is 10.7. The zero-order chi connectivity index (χ0) is 12.4. The fourth-order valence-electron chi connectivity index (χ4n) is 1.56. The number of nitrogens with two attached hydrogens (primary N) is 2. The van der Waals surface area contributed by atoms with Crippen molar-refractivity contribution in [2.45, 2.75) is 0 Å². The lowest BCUT2D eigenvalue weighted by Gasteiger charge is -2.05. The maximum Gasteiger partial charge on any atom is 0.335 e. The smallest absolute Gasteiger partial charge is 0.335 e. The zero-order valence-corrected chi connectivity index (χ0v) is 9.05. The van der Waals surface area contributed by atoms with Crippen LogP contribution in [-0.4, -0.2) is 11.1 Å². The van der Waals surface area contributed by atoms with Crippen LogP contribution < -0.4 is 11.5 Å². The van der Waals surface area contributed by atoms with E-state index in [1.165, 1.54) is 0 Å². The number of carboxylic acids is 1. The molecule has 2 aromatic carbocycles. The number of aromatic carboxylic acids is 1. The maximum atomic E-state index is 10.7. The minimum Gasteiger partial charge on any atom is -0.478 e. The van der Waals surface area contributed by atoms with Crippen LogP contribution in [0.3, 0.4) is 0 Å². The Balaban J connectivity index is 2.39. The third-order valence-corrected chi connectivity index (χ3v) is 2.55. The van der Waals surface area contributed by atoms with Gasteiger partial charge in [0, 0.05) is 0 Å². The van der Waals surface area contributed by atoms with Crippen molar-refractivity contribution in [3.63, 3.8) is 0 Å². The van der Waals surface area contributed by atoms with Gasteiger partial charge in [-0.25, -0.2) is 4.79 Å². The molecule has 0 aliphatic rings. The third-order valence-electron chi connectivity index (χ3n) is 2.55. The molecule has 0 saturated heterocycles. The van der Waals surface area contributed by atoms with Gasteiger partial charge < -0.3 is 16.6 Å². The summed E-state index contributed by atoms with van der Waals surface area (Å²) < 4.78 is 0. The Morgan fingerprint density at radius 1 is 0.882 bits per heavy atom. The van der Waals surface area contributed by atoms with Gasteiger partial charge in [-0.3, -0.25) is 0 Å². The molecule has 0 unspecified atom stereocenters. The number of carbonyl (C=O) groups is 1. The van der Waals surface area contributed by atoms with Crippen LogP contribution in [0.5, 0.6) is 0 Å². The fourth-order valence-corrected chi connectivity index (χ4v) is 1.56. The van der Waals surface area contributed by atoms with E-state index in [0.717, 1.165) is 11.1 Å². The predicted molar refractivity (Wildman–Crippen MR) is 67.7 cm³/mol. The third kappa shape index (κ3) is 2.20. The summed E-state index contributed by atoms with van der Waals surface area (Å²) in [6, 6.07) is 12.0. The number of benzene rings is 2. The number of nitrogen functional groups attached to an aromatic ring is 2. The lowest BCUT2D eigenvalue weighted by Crippen LogP contribution is -1.96. The second-order valence-corrected chi connectivity index (χ2v) is 3.73. The Bertz CT molecular complexity index is 562. The SMILES string of the molecule is Nc1ccc(-c2ccc(C(=O)O)cc2)cc1N. The molecule has 0 fully saturated rings. The summed E-state index contributed by atoms with van der Waals surface area (Å²) in [5, 5.41) is 8.79. The molecule has 0 aliphatic carbocycles. The van der Waals surface area contributed by atoms with E-state index in [1.54, 1.807) is 36.4 Å². The molecule has 0 spiro atoms. The summed E-state index contributed by atoms with van der Waals surface area (Å²) >= 11 is 0. The fraction of sp³-hybridized carbons (Fsp3) is 0. The summed E-state index contributed by atoms with van der Waals surface area (Å²) in [7, 11) is 0. The first-order chi connectivity index (χ1) is 8.08. The summed E-state index contributed by atoms with van der Waals surface area (Å²) in [5.74, 6) is -0.937. The highest BCUT2D eigenvalue weighted by Crippen LogP contribution is 2.25. The average molecular weight is 228 g/mol. The van der Waals surface area contributed by atoms with Crippen molar-refractivity contribution in [3.05, 3.63) is 48.0 Å². The van der Waals surface area contributed by atoms with Crippen LogP contribution in [0.15, 0.2) is 42.5 Å². The molecular formula is C13H12N2O2. The van der Waals surface area contributed by atoms with Gasteiger partial charge in [0.1, 0.15) is 0 Å². The molecule has 4 nitrogen and oxygen atoms in total. The molecule has 2 aromatic rings. The van der Waals surface area contributed by atoms with Gasteiger partial charge in [-0.15, -0.1) is 0 Å². The molecule has 17 heavy (non-hydrogen) atoms. The molecule has 0 bridgehead atoms. The molecule has 0 heterocycles. The normalized spacial score (nSPS) is 10.1. The Kier molecular flexibility index (Phi) is 2.70. The molecule has 4 heteroatoms. The summed E-state index contributed by atoms with van der Waals surface area (Å²) in [5.41, 5.74) is 14.5. The number of rotatable bonds is 2. The van der Waals surface area contributed by atoms with Gasteiger partial charge in [-0.05, 0) is 35.4 Å². The second kappa shape index (κ2) is 4.17. The summed E-state index contributed by atoms with van der Waals surface area (Å²) in [4.78, 5) is 10.7. The summed E-state index contributed by atoms with van der Waals surface area (Å²) in [6.45, 7) is 0. The Hall–Kier alpha value is -2.49. The molecule has 0 atom stereocenters. The van der Waals surface area contributed by atoms with Crippen molar-refractivity contribution >= 4 is 17.3 Å². The van der Waals surface area contributed by atoms with Crippen LogP contribution in [-0.2, 0) is 0 Å². The van der Waals surface area contributed by atoms with Crippen molar-refractivity contribution in [2.75, 3.05) is 11.5 Å². The molecule has 0 radical (unpaired) electrons. The van der Waals surface area contributed by atoms with Gasteiger partial charge in [-0.1, -0.05) is 18.2 Å². The van der Waals surface area contributed by atoms with Crippen molar-refractivity contribution in [1.29, 1.82) is 0 Å². The largest absolute Gasteiger partial charge is 0.478 e. The van der Waals surface area contributed by atoms with Crippen LogP contribution >= 0.6 is 0 Å². The second-order valence-electron chi connectivity index (χ2n) is 3.73. The average Bonchev–Trinajstić information content (AvgIpc) is 2.33. The first-order valence-electron chi connectivity index (χ1n) is 5.06. The molecule has 2 rings (SSSR count). The van der Waals surface area contributed by atoms with E-state index in [9.17, 15) is 4.79 Å². The molecule has 0 aliphatic heterocycles. The molecule has 5 N–H and O–H groups in total. The highest BCUT2D eigenvalue weighted by molar-refractivity contribution is 5.88. The minimum absolute atomic E-state index is 0.261. The number of carboxylic acid groups (broad SMARTS) is 1. The standard InChI is InChI=1S/C13H12N2O2/c14-11-6-5-10(7-12(11)15)8-1-3-9(4-2-8)13(16)17/h1-7H,14-15H2,(H,16,17). The van der Waals surface area contributed by atoms with E-state index in [2.05, 4.69) is 0 Å². The van der Waals surface area contributed by atoms with Crippen LogP contribution in [0.2, 0.25) is 0 Å². The van der Waals surface area contributed by atoms with Gasteiger partial charge in [0.2, 0.25) is 0 Å². The topological polar surface area (TPSA) is 89.3 Å². The number of hydrogen-bond acceptors (Lipinski definition) is 3. The van der Waals surface area contributed by atoms with Gasteiger partial charge in [0.25, 0.3) is 0 Å². The van der Waals surface area contributed by atoms with Crippen LogP contribution in [0.25, 0.3) is 11.1 Å². The monoisotopic (exact) mass is 228 g/mol. The van der Waals surface area contributed by atoms with E-state index in [0.29, 0.717) is 11.4 Å². The van der Waals surface area contributed by atoms with Crippen LogP contribution in [0.1, 0.15) is 10.4 Å². The molecule has 86 valence electrons. The van der Waals surface area contributed by atoms with E-state index in [-0.39, 0.29) is 5.56 Å². The van der Waals surface area contributed by atoms with Crippen molar-refractivity contribution in [2.24, 2.45) is 0 Å². The Morgan fingerprint density at radius 2 is 1.47 bits per heavy atom. The quantitative estimate of drug-likeness (QED) is 0.687. The summed E-state index contributed by atoms with van der Waals surface area (Å²) in [6.07, 6.45) is 0. The molecular weight excluding hydrogens is 216 g/mol.